The van der Waals surface area contributed by atoms with Crippen molar-refractivity contribution >= 4 is 52.4 Å². The summed E-state index contributed by atoms with van der Waals surface area (Å²) in [6.07, 6.45) is 0. The third kappa shape index (κ3) is 9.94. The molecule has 0 heterocycles. The molecule has 0 saturated carbocycles. The van der Waals surface area contributed by atoms with E-state index in [-0.39, 0.29) is 55.9 Å². The van der Waals surface area contributed by atoms with Crippen molar-refractivity contribution in [2.45, 2.75) is 27.7 Å². The summed E-state index contributed by atoms with van der Waals surface area (Å²) in [5.41, 5.74) is 0.925. The van der Waals surface area contributed by atoms with Crippen LogP contribution in [0.1, 0.15) is 48.4 Å². The van der Waals surface area contributed by atoms with Gasteiger partial charge >= 0.3 is 6.03 Å². The highest BCUT2D eigenvalue weighted by Crippen LogP contribution is 2.33. The van der Waals surface area contributed by atoms with E-state index in [0.29, 0.717) is 26.2 Å². The van der Waals surface area contributed by atoms with Crippen molar-refractivity contribution in [1.82, 2.24) is 20.4 Å². The zero-order valence-corrected chi connectivity index (χ0v) is 26.7. The van der Waals surface area contributed by atoms with Crippen molar-refractivity contribution in [1.29, 1.82) is 0 Å². The van der Waals surface area contributed by atoms with Gasteiger partial charge in [-0.1, -0.05) is 50.9 Å². The molecule has 42 heavy (non-hydrogen) atoms. The Hall–Kier alpha value is -3.25. The SMILES string of the molecule is CCN(CC)CCNC(=O)c1cc(Cl)c(NC(=O)Nc2cc(OC)c(C(=O)NCCN(CC)CC)cc2Cl)cc1OC. The maximum Gasteiger partial charge on any atom is 0.323 e. The number of likely N-dealkylation sites (N-methyl/N-ethyl adjacent to an activating group) is 2. The number of methoxy groups -OCH3 is 2. The van der Waals surface area contributed by atoms with E-state index >= 15 is 0 Å². The largest absolute Gasteiger partial charge is 0.496 e. The number of nitrogens with one attached hydrogen (secondary N) is 4. The number of nitrogens with zero attached hydrogens (tertiary/aromatic N) is 2. The van der Waals surface area contributed by atoms with Gasteiger partial charge in [0.05, 0.1) is 46.8 Å². The van der Waals surface area contributed by atoms with Gasteiger partial charge in [-0.05, 0) is 38.3 Å². The molecule has 0 aliphatic rings. The van der Waals surface area contributed by atoms with Crippen molar-refractivity contribution in [3.05, 3.63) is 45.4 Å². The summed E-state index contributed by atoms with van der Waals surface area (Å²) in [5.74, 6) is -0.196. The van der Waals surface area contributed by atoms with Gasteiger partial charge in [0.2, 0.25) is 0 Å². The van der Waals surface area contributed by atoms with Crippen LogP contribution in [0.25, 0.3) is 0 Å². The Morgan fingerprint density at radius 1 is 0.667 bits per heavy atom. The van der Waals surface area contributed by atoms with E-state index in [1.54, 1.807) is 0 Å². The van der Waals surface area contributed by atoms with Gasteiger partial charge in [-0.25, -0.2) is 4.79 Å². The Bertz CT molecular complexity index is 1130. The number of hydrogen-bond acceptors (Lipinski definition) is 7. The van der Waals surface area contributed by atoms with Gasteiger partial charge in [-0.2, -0.15) is 0 Å². The minimum absolute atomic E-state index is 0.139. The van der Waals surface area contributed by atoms with Gasteiger partial charge in [-0.3, -0.25) is 9.59 Å². The second kappa shape index (κ2) is 17.6. The number of rotatable bonds is 16. The van der Waals surface area contributed by atoms with E-state index in [1.165, 1.54) is 38.5 Å². The lowest BCUT2D eigenvalue weighted by Gasteiger charge is -2.19. The molecule has 13 heteroatoms. The monoisotopic (exact) mass is 624 g/mol. The molecule has 0 fully saturated rings. The van der Waals surface area contributed by atoms with Crippen LogP contribution < -0.4 is 30.7 Å². The highest BCUT2D eigenvalue weighted by Gasteiger charge is 2.20. The molecule has 4 N–H and O–H groups in total. The van der Waals surface area contributed by atoms with Crippen molar-refractivity contribution in [3.63, 3.8) is 0 Å². The first-order chi connectivity index (χ1) is 20.1. The summed E-state index contributed by atoms with van der Waals surface area (Å²) in [5, 5.41) is 11.3. The summed E-state index contributed by atoms with van der Waals surface area (Å²) < 4.78 is 10.8. The molecule has 2 aromatic rings. The fraction of sp³-hybridized carbons (Fsp3) is 0.483. The van der Waals surface area contributed by atoms with Crippen molar-refractivity contribution < 1.29 is 23.9 Å². The number of carbonyl (C=O) groups excluding carboxylic acids is 3. The second-order valence-corrected chi connectivity index (χ2v) is 10.0. The standard InChI is InChI=1S/C29H42Cl2N6O5/c1-7-36(8-2)13-11-32-27(38)19-15-21(30)23(17-25(19)41-5)34-29(40)35-24-18-26(42-6)20(16-22(24)31)28(39)33-12-14-37(9-3)10-4/h15-18H,7-14H2,1-6H3,(H,32,38)(H,33,39)(H2,34,35,40). The first-order valence-electron chi connectivity index (χ1n) is 14.0. The Morgan fingerprint density at radius 3 is 1.33 bits per heavy atom. The van der Waals surface area contributed by atoms with Gasteiger partial charge in [0.1, 0.15) is 11.5 Å². The molecule has 0 aliphatic carbocycles. The fourth-order valence-electron chi connectivity index (χ4n) is 4.19. The maximum atomic E-state index is 12.9. The number of halogens is 2. The van der Waals surface area contributed by atoms with Gasteiger partial charge in [-0.15, -0.1) is 0 Å². The van der Waals surface area contributed by atoms with Crippen LogP contribution in [0.4, 0.5) is 16.2 Å². The average molecular weight is 626 g/mol. The summed E-state index contributed by atoms with van der Waals surface area (Å²) in [7, 11) is 2.85. The highest BCUT2D eigenvalue weighted by atomic mass is 35.5. The van der Waals surface area contributed by atoms with Gasteiger partial charge in [0.25, 0.3) is 11.8 Å². The number of ether oxygens (including phenoxy) is 2. The molecule has 0 aromatic heterocycles. The van der Waals surface area contributed by atoms with Crippen LogP contribution in [-0.2, 0) is 0 Å². The lowest BCUT2D eigenvalue weighted by Crippen LogP contribution is -2.35. The Labute approximate surface area is 258 Å². The van der Waals surface area contributed by atoms with Crippen LogP contribution in [0.3, 0.4) is 0 Å². The first-order valence-corrected chi connectivity index (χ1v) is 14.7. The molecule has 232 valence electrons. The van der Waals surface area contributed by atoms with Crippen molar-refractivity contribution in [2.75, 3.05) is 77.2 Å². The van der Waals surface area contributed by atoms with Crippen LogP contribution in [0, 0.1) is 0 Å². The van der Waals surface area contributed by atoms with Crippen molar-refractivity contribution in [3.8, 4) is 11.5 Å². The normalized spacial score (nSPS) is 10.9. The van der Waals surface area contributed by atoms with Crippen LogP contribution >= 0.6 is 23.2 Å². The first kappa shape index (κ1) is 34.9. The molecule has 0 aliphatic heterocycles. The second-order valence-electron chi connectivity index (χ2n) is 9.21. The van der Waals surface area contributed by atoms with E-state index in [1.807, 2.05) is 0 Å². The topological polar surface area (TPSA) is 124 Å². The fourth-order valence-corrected chi connectivity index (χ4v) is 4.61. The predicted octanol–water partition coefficient (Wildman–Crippen LogP) is 4.80. The third-order valence-electron chi connectivity index (χ3n) is 6.78. The molecule has 0 radical (unpaired) electrons. The lowest BCUT2D eigenvalue weighted by molar-refractivity contribution is 0.0937. The quantitative estimate of drug-likeness (QED) is 0.211. The zero-order valence-electron chi connectivity index (χ0n) is 25.2. The Balaban J connectivity index is 2.11. The van der Waals surface area contributed by atoms with Crippen LogP contribution in [0.2, 0.25) is 10.0 Å². The van der Waals surface area contributed by atoms with Crippen molar-refractivity contribution in [2.24, 2.45) is 0 Å². The smallest absolute Gasteiger partial charge is 0.323 e. The third-order valence-corrected chi connectivity index (χ3v) is 7.41. The summed E-state index contributed by atoms with van der Waals surface area (Å²) in [4.78, 5) is 42.8. The highest BCUT2D eigenvalue weighted by molar-refractivity contribution is 6.35. The number of anilines is 2. The molecular formula is C29H42Cl2N6O5. The van der Waals surface area contributed by atoms with E-state index in [4.69, 9.17) is 32.7 Å². The van der Waals surface area contributed by atoms with Gasteiger partial charge in [0.15, 0.2) is 0 Å². The molecule has 11 nitrogen and oxygen atoms in total. The minimum atomic E-state index is -0.657. The van der Waals surface area contributed by atoms with Crippen LogP contribution in [0.5, 0.6) is 11.5 Å². The van der Waals surface area contributed by atoms with Crippen LogP contribution in [0.15, 0.2) is 24.3 Å². The zero-order chi connectivity index (χ0) is 31.2. The van der Waals surface area contributed by atoms with Gasteiger partial charge < -0.3 is 40.5 Å². The predicted molar refractivity (Wildman–Crippen MR) is 169 cm³/mol. The molecule has 0 atom stereocenters. The van der Waals surface area contributed by atoms with E-state index in [2.05, 4.69) is 58.8 Å². The molecule has 2 aromatic carbocycles. The molecule has 0 unspecified atom stereocenters. The van der Waals surface area contributed by atoms with E-state index in [0.717, 1.165) is 26.2 Å². The average Bonchev–Trinajstić information content (AvgIpc) is 2.98. The van der Waals surface area contributed by atoms with E-state index < -0.39 is 6.03 Å². The summed E-state index contributed by atoms with van der Waals surface area (Å²) in [6.45, 7) is 14.1. The van der Waals surface area contributed by atoms with Gasteiger partial charge in [0, 0.05) is 38.3 Å². The van der Waals surface area contributed by atoms with Crippen LogP contribution in [-0.4, -0.2) is 94.2 Å². The number of carbonyl (C=O) groups is 3. The summed E-state index contributed by atoms with van der Waals surface area (Å²) >= 11 is 12.8. The number of hydrogen-bond donors (Lipinski definition) is 4. The maximum absolute atomic E-state index is 12.9. The van der Waals surface area contributed by atoms with E-state index in [9.17, 15) is 14.4 Å². The number of urea groups is 1. The Morgan fingerprint density at radius 2 is 1.02 bits per heavy atom. The Kier molecular flexibility index (Phi) is 14.7. The minimum Gasteiger partial charge on any atom is -0.496 e. The molecule has 0 saturated heterocycles. The number of amides is 4. The summed E-state index contributed by atoms with van der Waals surface area (Å²) in [6, 6.07) is 5.15. The lowest BCUT2D eigenvalue weighted by atomic mass is 10.1. The molecule has 0 bridgehead atoms. The number of benzene rings is 2. The molecule has 4 amide bonds. The molecule has 2 rings (SSSR count). The molecular weight excluding hydrogens is 583 g/mol. The molecule has 0 spiro atoms.